The van der Waals surface area contributed by atoms with Crippen LogP contribution in [0.3, 0.4) is 0 Å². The third-order valence-electron chi connectivity index (χ3n) is 5.28. The summed E-state index contributed by atoms with van der Waals surface area (Å²) in [6, 6.07) is 7.41. The van der Waals surface area contributed by atoms with Crippen LogP contribution in [0.2, 0.25) is 5.02 Å². The van der Waals surface area contributed by atoms with E-state index in [4.69, 9.17) is 11.6 Å². The monoisotopic (exact) mass is 416 g/mol. The molecule has 1 saturated heterocycles. The van der Waals surface area contributed by atoms with E-state index in [0.717, 1.165) is 5.56 Å². The summed E-state index contributed by atoms with van der Waals surface area (Å²) < 4.78 is 3.12. The van der Waals surface area contributed by atoms with E-state index in [1.165, 1.54) is 4.57 Å². The highest BCUT2D eigenvalue weighted by Crippen LogP contribution is 2.24. The van der Waals surface area contributed by atoms with Crippen LogP contribution in [0.1, 0.15) is 12.5 Å². The highest BCUT2D eigenvalue weighted by atomic mass is 35.5. The molecule has 10 heteroatoms. The zero-order valence-electron chi connectivity index (χ0n) is 16.2. The van der Waals surface area contributed by atoms with Gasteiger partial charge in [0.15, 0.2) is 11.2 Å². The van der Waals surface area contributed by atoms with Crippen LogP contribution >= 0.6 is 11.6 Å². The van der Waals surface area contributed by atoms with Crippen LogP contribution in [0.25, 0.3) is 11.2 Å². The van der Waals surface area contributed by atoms with E-state index in [-0.39, 0.29) is 5.91 Å². The van der Waals surface area contributed by atoms with Gasteiger partial charge in [0.05, 0.1) is 6.54 Å². The first-order valence-corrected chi connectivity index (χ1v) is 9.68. The van der Waals surface area contributed by atoms with Crippen molar-refractivity contribution in [3.8, 4) is 0 Å². The van der Waals surface area contributed by atoms with E-state index >= 15 is 0 Å². The number of rotatable bonds is 3. The summed E-state index contributed by atoms with van der Waals surface area (Å²) in [6.07, 6.45) is 0. The van der Waals surface area contributed by atoms with Crippen LogP contribution in [0.15, 0.2) is 33.9 Å². The summed E-state index contributed by atoms with van der Waals surface area (Å²) in [4.78, 5) is 47.1. The van der Waals surface area contributed by atoms with Crippen LogP contribution in [-0.4, -0.2) is 56.1 Å². The van der Waals surface area contributed by atoms with Crippen molar-refractivity contribution in [1.82, 2.24) is 24.0 Å². The molecule has 1 fully saturated rings. The maximum atomic E-state index is 12.7. The van der Waals surface area contributed by atoms with Crippen molar-refractivity contribution >= 4 is 34.6 Å². The first-order valence-electron chi connectivity index (χ1n) is 9.30. The summed E-state index contributed by atoms with van der Waals surface area (Å²) in [5, 5.41) is 0.586. The average Bonchev–Trinajstić information content (AvgIpc) is 3.08. The lowest BCUT2D eigenvalue weighted by atomic mass is 10.2. The molecule has 0 saturated carbocycles. The number of carbonyl (C=O) groups is 1. The molecular weight excluding hydrogens is 396 g/mol. The number of amides is 1. The number of halogens is 1. The Morgan fingerprint density at radius 1 is 1.17 bits per heavy atom. The fourth-order valence-electron chi connectivity index (χ4n) is 3.63. The number of H-pyrrole nitrogens is 1. The zero-order valence-corrected chi connectivity index (χ0v) is 16.9. The molecule has 2 aromatic heterocycles. The predicted molar refractivity (Wildman–Crippen MR) is 111 cm³/mol. The lowest BCUT2D eigenvalue weighted by Crippen LogP contribution is -2.48. The number of aromatic nitrogens is 4. The second-order valence-corrected chi connectivity index (χ2v) is 7.48. The number of fused-ring (bicyclic) bond motifs is 1. The molecule has 3 heterocycles. The Kier molecular flexibility index (Phi) is 4.91. The SMILES string of the molecule is CC(=O)N1CCN(c2nc3c(c(=O)[nH]c(=O)n3C)n2Cc2ccccc2Cl)CC1. The topological polar surface area (TPSA) is 96.2 Å². The molecule has 0 bridgehead atoms. The Balaban J connectivity index is 1.85. The molecule has 0 atom stereocenters. The van der Waals surface area contributed by atoms with Crippen molar-refractivity contribution in [2.24, 2.45) is 7.05 Å². The number of nitrogens with one attached hydrogen (secondary N) is 1. The molecule has 0 unspecified atom stereocenters. The van der Waals surface area contributed by atoms with E-state index in [1.807, 2.05) is 23.1 Å². The summed E-state index contributed by atoms with van der Waals surface area (Å²) in [5.74, 6) is 0.614. The van der Waals surface area contributed by atoms with E-state index < -0.39 is 11.2 Å². The normalized spacial score (nSPS) is 14.6. The van der Waals surface area contributed by atoms with Gasteiger partial charge >= 0.3 is 5.69 Å². The smallest absolute Gasteiger partial charge is 0.329 e. The average molecular weight is 417 g/mol. The van der Waals surface area contributed by atoms with Gasteiger partial charge in [-0.05, 0) is 11.6 Å². The van der Waals surface area contributed by atoms with E-state index in [2.05, 4.69) is 9.97 Å². The number of aromatic amines is 1. The third kappa shape index (κ3) is 3.42. The van der Waals surface area contributed by atoms with Crippen molar-refractivity contribution in [2.75, 3.05) is 31.1 Å². The molecule has 1 amide bonds. The number of anilines is 1. The molecule has 3 aromatic rings. The first-order chi connectivity index (χ1) is 13.9. The van der Waals surface area contributed by atoms with Gasteiger partial charge in [0.2, 0.25) is 11.9 Å². The summed E-state index contributed by atoms with van der Waals surface area (Å²) >= 11 is 6.35. The molecule has 1 aliphatic heterocycles. The van der Waals surface area contributed by atoms with Crippen molar-refractivity contribution in [2.45, 2.75) is 13.5 Å². The third-order valence-corrected chi connectivity index (χ3v) is 5.65. The molecule has 29 heavy (non-hydrogen) atoms. The maximum Gasteiger partial charge on any atom is 0.329 e. The number of carbonyl (C=O) groups excluding carboxylic acids is 1. The van der Waals surface area contributed by atoms with E-state index in [9.17, 15) is 14.4 Å². The Bertz CT molecular complexity index is 1200. The highest BCUT2D eigenvalue weighted by molar-refractivity contribution is 6.31. The van der Waals surface area contributed by atoms with Gasteiger partial charge in [-0.2, -0.15) is 4.98 Å². The van der Waals surface area contributed by atoms with Gasteiger partial charge in [-0.1, -0.05) is 29.8 Å². The largest absolute Gasteiger partial charge is 0.339 e. The number of hydrogen-bond donors (Lipinski definition) is 1. The summed E-state index contributed by atoms with van der Waals surface area (Å²) in [7, 11) is 1.57. The number of hydrogen-bond acceptors (Lipinski definition) is 5. The lowest BCUT2D eigenvalue weighted by molar-refractivity contribution is -0.129. The Morgan fingerprint density at radius 2 is 1.86 bits per heavy atom. The first kappa shape index (κ1) is 19.3. The molecule has 0 aliphatic carbocycles. The molecule has 1 N–H and O–H groups in total. The fraction of sp³-hybridized carbons (Fsp3) is 0.368. The maximum absolute atomic E-state index is 12.7. The predicted octanol–water partition coefficient (Wildman–Crippen LogP) is 0.794. The van der Waals surface area contributed by atoms with Gasteiger partial charge in [0, 0.05) is 45.2 Å². The molecule has 9 nitrogen and oxygen atoms in total. The van der Waals surface area contributed by atoms with Crippen LogP contribution < -0.4 is 16.1 Å². The lowest BCUT2D eigenvalue weighted by Gasteiger charge is -2.35. The number of imidazole rings is 1. The Hall–Kier alpha value is -3.07. The summed E-state index contributed by atoms with van der Waals surface area (Å²) in [6.45, 7) is 4.19. The number of aryl methyl sites for hydroxylation is 1. The van der Waals surface area contributed by atoms with Gasteiger partial charge in [0.25, 0.3) is 5.56 Å². The van der Waals surface area contributed by atoms with Gasteiger partial charge in [-0.3, -0.25) is 23.7 Å². The quantitative estimate of drug-likeness (QED) is 0.681. The number of nitrogens with zero attached hydrogens (tertiary/aromatic N) is 5. The van der Waals surface area contributed by atoms with Crippen LogP contribution in [-0.2, 0) is 18.4 Å². The minimum absolute atomic E-state index is 0.0352. The van der Waals surface area contributed by atoms with Gasteiger partial charge in [0.1, 0.15) is 0 Å². The number of benzene rings is 1. The van der Waals surface area contributed by atoms with Crippen LogP contribution in [0, 0.1) is 0 Å². The molecule has 4 rings (SSSR count). The van der Waals surface area contributed by atoms with Gasteiger partial charge < -0.3 is 9.80 Å². The molecule has 1 aromatic carbocycles. The van der Waals surface area contributed by atoms with Crippen LogP contribution in [0.4, 0.5) is 5.95 Å². The van der Waals surface area contributed by atoms with E-state index in [0.29, 0.717) is 54.9 Å². The summed E-state index contributed by atoms with van der Waals surface area (Å²) in [5.41, 5.74) is 0.463. The highest BCUT2D eigenvalue weighted by Gasteiger charge is 2.26. The van der Waals surface area contributed by atoms with Crippen molar-refractivity contribution in [1.29, 1.82) is 0 Å². The molecule has 0 radical (unpaired) electrons. The zero-order chi connectivity index (χ0) is 20.7. The molecule has 0 spiro atoms. The van der Waals surface area contributed by atoms with Crippen molar-refractivity contribution in [3.05, 3.63) is 55.7 Å². The van der Waals surface area contributed by atoms with Crippen molar-refractivity contribution < 1.29 is 4.79 Å². The van der Waals surface area contributed by atoms with E-state index in [1.54, 1.807) is 29.5 Å². The molecule has 1 aliphatic rings. The second-order valence-electron chi connectivity index (χ2n) is 7.07. The number of piperazine rings is 1. The minimum Gasteiger partial charge on any atom is -0.339 e. The van der Waals surface area contributed by atoms with Crippen LogP contribution in [0.5, 0.6) is 0 Å². The minimum atomic E-state index is -0.516. The second kappa shape index (κ2) is 7.40. The molecular formula is C19H21ClN6O3. The molecule has 152 valence electrons. The Labute approximate surface area is 171 Å². The van der Waals surface area contributed by atoms with Crippen molar-refractivity contribution in [3.63, 3.8) is 0 Å². The van der Waals surface area contributed by atoms with Gasteiger partial charge in [-0.25, -0.2) is 4.79 Å². The standard InChI is InChI=1S/C19H21ClN6O3/c1-12(27)24-7-9-25(10-8-24)18-21-16-15(17(28)22-19(29)23(16)2)26(18)11-13-5-3-4-6-14(13)20/h3-6H,7-11H2,1-2H3,(H,22,28,29). The fourth-order valence-corrected chi connectivity index (χ4v) is 3.83. The van der Waals surface area contributed by atoms with Gasteiger partial charge in [-0.15, -0.1) is 0 Å². The Morgan fingerprint density at radius 3 is 2.52 bits per heavy atom.